The summed E-state index contributed by atoms with van der Waals surface area (Å²) < 4.78 is 1.60. The van der Waals surface area contributed by atoms with E-state index in [1.54, 1.807) is 12.1 Å². The van der Waals surface area contributed by atoms with Crippen LogP contribution in [0.1, 0.15) is 52.8 Å². The zero-order chi connectivity index (χ0) is 14.6. The molecule has 1 saturated carbocycles. The summed E-state index contributed by atoms with van der Waals surface area (Å²) in [7, 11) is 0. The maximum atomic E-state index is 12.6. The molecule has 2 aliphatic rings. The smallest absolute Gasteiger partial charge is 0.271 e. The molecule has 0 spiro atoms. The Kier molecular flexibility index (Phi) is 2.97. The summed E-state index contributed by atoms with van der Waals surface area (Å²) in [5.41, 5.74) is 0.930. The number of amides is 2. The molecule has 0 bridgehead atoms. The number of carbonyl (C=O) groups is 2. The van der Waals surface area contributed by atoms with E-state index in [1.165, 1.54) is 11.3 Å². The Balaban J connectivity index is 1.80. The van der Waals surface area contributed by atoms with Crippen LogP contribution in [-0.4, -0.2) is 22.8 Å². The topological polar surface area (TPSA) is 54.5 Å². The number of rotatable bonds is 1. The Morgan fingerprint density at radius 1 is 0.857 bits per heavy atom. The maximum Gasteiger partial charge on any atom is 0.288 e. The van der Waals surface area contributed by atoms with Crippen LogP contribution in [-0.2, 0) is 0 Å². The molecule has 2 heterocycles. The van der Waals surface area contributed by atoms with Gasteiger partial charge in [-0.1, -0.05) is 41.9 Å². The van der Waals surface area contributed by atoms with E-state index in [0.717, 1.165) is 57.8 Å². The molecular weight excluding hydrogens is 306 g/mol. The second kappa shape index (κ2) is 4.74. The monoisotopic (exact) mass is 319 g/mol. The number of benzene rings is 1. The molecule has 0 N–H and O–H groups in total. The van der Waals surface area contributed by atoms with Gasteiger partial charge in [-0.15, -0.1) is 0 Å². The largest absolute Gasteiger partial charge is 0.288 e. The van der Waals surface area contributed by atoms with E-state index in [1.807, 2.05) is 0 Å². The molecule has 2 amide bonds. The Morgan fingerprint density at radius 3 is 1.90 bits per heavy atom. The first-order valence-electron chi connectivity index (χ1n) is 7.11. The maximum absolute atomic E-state index is 12.6. The van der Waals surface area contributed by atoms with Gasteiger partial charge in [-0.2, -0.15) is 0 Å². The average Bonchev–Trinajstić information content (AvgIpc) is 2.96. The van der Waals surface area contributed by atoms with E-state index < -0.39 is 0 Å². The second-order valence-corrected chi connectivity index (χ2v) is 7.86. The molecule has 0 radical (unpaired) electrons. The Bertz CT molecular complexity index is 758. The molecule has 108 valence electrons. The van der Waals surface area contributed by atoms with Gasteiger partial charge < -0.3 is 0 Å². The minimum absolute atomic E-state index is 0.00212. The van der Waals surface area contributed by atoms with Crippen molar-refractivity contribution in [1.82, 2.24) is 4.90 Å². The number of carbonyl (C=O) groups excluding carboxylic acids is 2. The molecule has 4 rings (SSSR count). The summed E-state index contributed by atoms with van der Waals surface area (Å²) in [6, 6.07) is 3.48. The molecule has 2 aromatic rings. The van der Waals surface area contributed by atoms with Crippen molar-refractivity contribution < 1.29 is 9.59 Å². The third kappa shape index (κ3) is 1.97. The lowest BCUT2D eigenvalue weighted by Crippen LogP contribution is -2.40. The lowest BCUT2D eigenvalue weighted by atomic mass is 9.94. The van der Waals surface area contributed by atoms with Crippen molar-refractivity contribution in [3.05, 3.63) is 32.1 Å². The quantitative estimate of drug-likeness (QED) is 0.758. The van der Waals surface area contributed by atoms with Crippen LogP contribution in [0, 0.1) is 0 Å². The summed E-state index contributed by atoms with van der Waals surface area (Å²) in [5, 5.41) is 0. The lowest BCUT2D eigenvalue weighted by molar-refractivity contribution is 0.0549. The summed E-state index contributed by atoms with van der Waals surface area (Å²) >= 11 is 2.28. The first-order valence-corrected chi connectivity index (χ1v) is 8.74. The average molecular weight is 319 g/mol. The zero-order valence-corrected chi connectivity index (χ0v) is 12.9. The highest BCUT2D eigenvalue weighted by molar-refractivity contribution is 7.35. The van der Waals surface area contributed by atoms with Crippen molar-refractivity contribution in [1.29, 1.82) is 0 Å². The van der Waals surface area contributed by atoms with Gasteiger partial charge in [0, 0.05) is 15.4 Å². The molecule has 6 heteroatoms. The number of nitrogens with zero attached hydrogens (tertiary/aromatic N) is 1. The van der Waals surface area contributed by atoms with Crippen LogP contribution in [0.15, 0.2) is 16.9 Å². The number of hydrogen-bond acceptors (Lipinski definition) is 5. The van der Waals surface area contributed by atoms with E-state index in [0.29, 0.717) is 11.1 Å². The predicted octanol–water partition coefficient (Wildman–Crippen LogP) is 3.25. The van der Waals surface area contributed by atoms with E-state index in [-0.39, 0.29) is 21.9 Å². The predicted molar refractivity (Wildman–Crippen MR) is 83.3 cm³/mol. The van der Waals surface area contributed by atoms with Crippen LogP contribution in [0.25, 0.3) is 9.40 Å². The normalized spacial score (nSPS) is 19.5. The molecule has 4 nitrogen and oxygen atoms in total. The third-order valence-corrected chi connectivity index (χ3v) is 6.39. The highest BCUT2D eigenvalue weighted by Gasteiger charge is 2.40. The fourth-order valence-electron chi connectivity index (χ4n) is 3.30. The third-order valence-electron chi connectivity index (χ3n) is 4.31. The number of hydrogen-bond donors (Lipinski definition) is 0. The molecule has 1 fully saturated rings. The van der Waals surface area contributed by atoms with Crippen LogP contribution in [0.2, 0.25) is 0 Å². The fourth-order valence-corrected chi connectivity index (χ4v) is 5.28. The van der Waals surface area contributed by atoms with Crippen molar-refractivity contribution >= 4 is 43.9 Å². The van der Waals surface area contributed by atoms with Crippen LogP contribution in [0.3, 0.4) is 0 Å². The van der Waals surface area contributed by atoms with Gasteiger partial charge in [-0.3, -0.25) is 19.3 Å². The van der Waals surface area contributed by atoms with Gasteiger partial charge in [-0.05, 0) is 25.0 Å². The molecular formula is C15H13NO3S2. The van der Waals surface area contributed by atoms with Gasteiger partial charge in [0.1, 0.15) is 0 Å². The molecule has 1 aliphatic carbocycles. The van der Waals surface area contributed by atoms with Crippen LogP contribution in [0.5, 0.6) is 0 Å². The summed E-state index contributed by atoms with van der Waals surface area (Å²) in [6.07, 6.45) is 5.16. The fraction of sp³-hybridized carbons (Fsp3) is 0.400. The van der Waals surface area contributed by atoms with Crippen LogP contribution >= 0.6 is 22.7 Å². The van der Waals surface area contributed by atoms with Crippen molar-refractivity contribution in [3.8, 4) is 0 Å². The van der Waals surface area contributed by atoms with E-state index in [9.17, 15) is 14.4 Å². The van der Waals surface area contributed by atoms with E-state index in [4.69, 9.17) is 0 Å². The molecule has 0 saturated heterocycles. The number of fused-ring (bicyclic) bond motifs is 2. The molecule has 0 unspecified atom stereocenters. The van der Waals surface area contributed by atoms with Crippen LogP contribution < -0.4 is 4.06 Å². The summed E-state index contributed by atoms with van der Waals surface area (Å²) in [4.78, 5) is 38.1. The number of imide groups is 1. The highest BCUT2D eigenvalue weighted by Crippen LogP contribution is 2.34. The zero-order valence-electron chi connectivity index (χ0n) is 11.3. The van der Waals surface area contributed by atoms with Gasteiger partial charge in [-0.25, -0.2) is 0 Å². The minimum Gasteiger partial charge on any atom is -0.271 e. The van der Waals surface area contributed by atoms with Crippen molar-refractivity contribution in [2.24, 2.45) is 0 Å². The summed E-state index contributed by atoms with van der Waals surface area (Å²) in [5.74, 6) is -0.371. The molecule has 1 aromatic heterocycles. The van der Waals surface area contributed by atoms with Gasteiger partial charge >= 0.3 is 0 Å². The lowest BCUT2D eigenvalue weighted by Gasteiger charge is -2.29. The molecule has 1 aromatic carbocycles. The van der Waals surface area contributed by atoms with Crippen molar-refractivity contribution in [2.75, 3.05) is 0 Å². The Morgan fingerprint density at radius 2 is 1.38 bits per heavy atom. The van der Waals surface area contributed by atoms with E-state index >= 15 is 0 Å². The van der Waals surface area contributed by atoms with Gasteiger partial charge in [0.2, 0.25) is 0 Å². The van der Waals surface area contributed by atoms with Gasteiger partial charge in [0.15, 0.2) is 0 Å². The van der Waals surface area contributed by atoms with E-state index in [2.05, 4.69) is 0 Å². The Hall–Kier alpha value is -1.53. The molecule has 0 atom stereocenters. The van der Waals surface area contributed by atoms with Gasteiger partial charge in [0.25, 0.3) is 15.9 Å². The van der Waals surface area contributed by atoms with Crippen LogP contribution in [0.4, 0.5) is 0 Å². The van der Waals surface area contributed by atoms with Gasteiger partial charge in [0.05, 0.1) is 11.1 Å². The molecule has 21 heavy (non-hydrogen) atoms. The molecule has 1 aliphatic heterocycles. The van der Waals surface area contributed by atoms with Crippen molar-refractivity contribution in [3.63, 3.8) is 0 Å². The highest BCUT2D eigenvalue weighted by atomic mass is 32.2. The Labute approximate surface area is 129 Å². The SMILES string of the molecule is O=C1c2cc3sc(=O)sc3cc2C(=O)N1C1CCCCC1. The standard InChI is InChI=1S/C15H13NO3S2/c17-13-9-6-11-12(21-15(19)20-11)7-10(9)14(18)16(13)8-4-2-1-3-5-8/h6-8H,1-5H2. The second-order valence-electron chi connectivity index (χ2n) is 5.57. The van der Waals surface area contributed by atoms with Crippen molar-refractivity contribution in [2.45, 2.75) is 38.1 Å². The first kappa shape index (κ1) is 13.2. The minimum atomic E-state index is -0.186. The summed E-state index contributed by atoms with van der Waals surface area (Å²) in [6.45, 7) is 0. The first-order chi connectivity index (χ1) is 10.1.